The third kappa shape index (κ3) is 3.30. The highest BCUT2D eigenvalue weighted by molar-refractivity contribution is 5.18. The summed E-state index contributed by atoms with van der Waals surface area (Å²) in [6.07, 6.45) is 1.98. The second kappa shape index (κ2) is 5.43. The lowest BCUT2D eigenvalue weighted by atomic mass is 10.1. The van der Waals surface area contributed by atoms with Gasteiger partial charge in [0.2, 0.25) is 5.88 Å². The maximum absolute atomic E-state index is 5.43. The van der Waals surface area contributed by atoms with Crippen molar-refractivity contribution in [3.63, 3.8) is 0 Å². The molecule has 0 saturated carbocycles. The Morgan fingerprint density at radius 2 is 2.20 bits per heavy atom. The number of methoxy groups -OCH3 is 1. The van der Waals surface area contributed by atoms with Gasteiger partial charge in [-0.15, -0.1) is 10.2 Å². The van der Waals surface area contributed by atoms with Crippen LogP contribution in [0.5, 0.6) is 5.88 Å². The Hall–Kier alpha value is -1.46. The molecule has 0 spiro atoms. The van der Waals surface area contributed by atoms with Gasteiger partial charge in [0.1, 0.15) is 0 Å². The van der Waals surface area contributed by atoms with Gasteiger partial charge in [0.15, 0.2) is 0 Å². The molecule has 5 nitrogen and oxygen atoms in total. The van der Waals surface area contributed by atoms with Gasteiger partial charge in [-0.1, -0.05) is 11.6 Å². The van der Waals surface area contributed by atoms with Gasteiger partial charge in [-0.25, -0.2) is 5.43 Å². The third-order valence-corrected chi connectivity index (χ3v) is 1.87. The molecule has 0 saturated heterocycles. The van der Waals surface area contributed by atoms with Crippen molar-refractivity contribution >= 4 is 0 Å². The molecule has 3 N–H and O–H groups in total. The maximum atomic E-state index is 5.43. The highest BCUT2D eigenvalue weighted by atomic mass is 16.5. The molecule has 0 amide bonds. The molecule has 1 heterocycles. The molecular weight excluding hydrogens is 192 g/mol. The van der Waals surface area contributed by atoms with E-state index in [1.165, 1.54) is 0 Å². The Bertz CT molecular complexity index is 330. The van der Waals surface area contributed by atoms with E-state index >= 15 is 0 Å². The molecule has 1 atom stereocenters. The predicted molar refractivity (Wildman–Crippen MR) is 58.1 cm³/mol. The predicted octanol–water partition coefficient (Wildman–Crippen LogP) is 0.956. The third-order valence-electron chi connectivity index (χ3n) is 1.87. The van der Waals surface area contributed by atoms with Crippen molar-refractivity contribution in [2.24, 2.45) is 5.84 Å². The standard InChI is InChI=1S/C10H16N4O/c1-7(2)6-9(12-11)8-4-5-10(15-3)14-13-8/h4-6,9,12H,11H2,1-3H3. The van der Waals surface area contributed by atoms with Gasteiger partial charge in [0.05, 0.1) is 18.8 Å². The first-order valence-electron chi connectivity index (χ1n) is 4.66. The first-order valence-corrected chi connectivity index (χ1v) is 4.66. The first kappa shape index (κ1) is 11.6. The van der Waals surface area contributed by atoms with E-state index in [9.17, 15) is 0 Å². The molecule has 1 aromatic rings. The van der Waals surface area contributed by atoms with Gasteiger partial charge in [-0.3, -0.25) is 5.84 Å². The number of hydrogen-bond acceptors (Lipinski definition) is 5. The number of ether oxygens (including phenoxy) is 1. The minimum Gasteiger partial charge on any atom is -0.480 e. The fourth-order valence-corrected chi connectivity index (χ4v) is 1.16. The molecule has 0 aliphatic carbocycles. The average molecular weight is 208 g/mol. The molecule has 1 unspecified atom stereocenters. The van der Waals surface area contributed by atoms with Crippen molar-refractivity contribution < 1.29 is 4.74 Å². The van der Waals surface area contributed by atoms with Gasteiger partial charge in [0, 0.05) is 6.07 Å². The van der Waals surface area contributed by atoms with E-state index in [1.807, 2.05) is 26.0 Å². The summed E-state index contributed by atoms with van der Waals surface area (Å²) in [5.74, 6) is 5.92. The molecule has 1 rings (SSSR count). The van der Waals surface area contributed by atoms with Crippen molar-refractivity contribution in [3.05, 3.63) is 29.5 Å². The van der Waals surface area contributed by atoms with Gasteiger partial charge in [-0.2, -0.15) is 0 Å². The number of nitrogens with two attached hydrogens (primary N) is 1. The van der Waals surface area contributed by atoms with Crippen LogP contribution in [-0.4, -0.2) is 17.3 Å². The van der Waals surface area contributed by atoms with E-state index in [4.69, 9.17) is 10.6 Å². The minimum atomic E-state index is -0.117. The molecule has 15 heavy (non-hydrogen) atoms. The molecule has 1 aromatic heterocycles. The second-order valence-corrected chi connectivity index (χ2v) is 3.39. The lowest BCUT2D eigenvalue weighted by molar-refractivity contribution is 0.390. The largest absolute Gasteiger partial charge is 0.480 e. The number of nitrogens with zero attached hydrogens (tertiary/aromatic N) is 2. The number of hydrazine groups is 1. The summed E-state index contributed by atoms with van der Waals surface area (Å²) in [4.78, 5) is 0. The fraction of sp³-hybridized carbons (Fsp3) is 0.400. The van der Waals surface area contributed by atoms with Crippen LogP contribution >= 0.6 is 0 Å². The van der Waals surface area contributed by atoms with Crippen molar-refractivity contribution in [2.75, 3.05) is 7.11 Å². The molecule has 0 bridgehead atoms. The highest BCUT2D eigenvalue weighted by Gasteiger charge is 2.08. The zero-order chi connectivity index (χ0) is 11.3. The Labute approximate surface area is 89.3 Å². The van der Waals surface area contributed by atoms with E-state index in [-0.39, 0.29) is 6.04 Å². The molecule has 5 heteroatoms. The SMILES string of the molecule is COc1ccc(C(C=C(C)C)NN)nn1. The zero-order valence-corrected chi connectivity index (χ0v) is 9.19. The number of aromatic nitrogens is 2. The van der Waals surface area contributed by atoms with Gasteiger partial charge < -0.3 is 4.74 Å². The van der Waals surface area contributed by atoms with Gasteiger partial charge in [-0.05, 0) is 19.9 Å². The molecule has 0 aliphatic rings. The quantitative estimate of drug-likeness (QED) is 0.438. The average Bonchev–Trinajstić information content (AvgIpc) is 2.26. The summed E-state index contributed by atoms with van der Waals surface area (Å²) >= 11 is 0. The lowest BCUT2D eigenvalue weighted by Gasteiger charge is -2.11. The minimum absolute atomic E-state index is 0.117. The molecule has 0 fully saturated rings. The van der Waals surface area contributed by atoms with E-state index in [0.29, 0.717) is 5.88 Å². The van der Waals surface area contributed by atoms with Crippen molar-refractivity contribution in [3.8, 4) is 5.88 Å². The van der Waals surface area contributed by atoms with Crippen LogP contribution in [0, 0.1) is 0 Å². The van der Waals surface area contributed by atoms with E-state index in [1.54, 1.807) is 13.2 Å². The highest BCUT2D eigenvalue weighted by Crippen LogP contribution is 2.13. The van der Waals surface area contributed by atoms with Crippen molar-refractivity contribution in [1.29, 1.82) is 0 Å². The van der Waals surface area contributed by atoms with E-state index in [2.05, 4.69) is 15.6 Å². The van der Waals surface area contributed by atoms with Crippen LogP contribution in [0.25, 0.3) is 0 Å². The summed E-state index contributed by atoms with van der Waals surface area (Å²) < 4.78 is 4.92. The molecule has 82 valence electrons. The van der Waals surface area contributed by atoms with Gasteiger partial charge >= 0.3 is 0 Å². The van der Waals surface area contributed by atoms with Crippen molar-refractivity contribution in [2.45, 2.75) is 19.9 Å². The number of allylic oxidation sites excluding steroid dienone is 1. The molecule has 0 aromatic carbocycles. The fourth-order valence-electron chi connectivity index (χ4n) is 1.16. The van der Waals surface area contributed by atoms with Crippen molar-refractivity contribution in [1.82, 2.24) is 15.6 Å². The van der Waals surface area contributed by atoms with Crippen LogP contribution < -0.4 is 16.0 Å². The van der Waals surface area contributed by atoms with Crippen LogP contribution in [0.1, 0.15) is 25.6 Å². The molecular formula is C10H16N4O. The van der Waals surface area contributed by atoms with Crippen LogP contribution in [0.3, 0.4) is 0 Å². The number of nitrogens with one attached hydrogen (secondary N) is 1. The van der Waals surface area contributed by atoms with Crippen LogP contribution in [0.2, 0.25) is 0 Å². The molecule has 0 radical (unpaired) electrons. The second-order valence-electron chi connectivity index (χ2n) is 3.39. The lowest BCUT2D eigenvalue weighted by Crippen LogP contribution is -2.27. The maximum Gasteiger partial charge on any atom is 0.233 e. The smallest absolute Gasteiger partial charge is 0.233 e. The Balaban J connectivity index is 2.88. The van der Waals surface area contributed by atoms with Gasteiger partial charge in [0.25, 0.3) is 0 Å². The summed E-state index contributed by atoms with van der Waals surface area (Å²) in [6, 6.07) is 3.47. The summed E-state index contributed by atoms with van der Waals surface area (Å²) in [5, 5.41) is 7.89. The monoisotopic (exact) mass is 208 g/mol. The first-order chi connectivity index (χ1) is 7.17. The summed E-state index contributed by atoms with van der Waals surface area (Å²) in [5.41, 5.74) is 4.59. The topological polar surface area (TPSA) is 73.1 Å². The van der Waals surface area contributed by atoms with E-state index < -0.39 is 0 Å². The van der Waals surface area contributed by atoms with Crippen LogP contribution in [0.4, 0.5) is 0 Å². The summed E-state index contributed by atoms with van der Waals surface area (Å²) in [6.45, 7) is 4.00. The molecule has 0 aliphatic heterocycles. The Morgan fingerprint density at radius 3 is 2.60 bits per heavy atom. The Morgan fingerprint density at radius 1 is 1.47 bits per heavy atom. The number of rotatable bonds is 4. The Kier molecular flexibility index (Phi) is 4.20. The summed E-state index contributed by atoms with van der Waals surface area (Å²) in [7, 11) is 1.55. The zero-order valence-electron chi connectivity index (χ0n) is 9.19. The normalized spacial score (nSPS) is 12.0. The van der Waals surface area contributed by atoms with E-state index in [0.717, 1.165) is 11.3 Å². The number of hydrogen-bond donors (Lipinski definition) is 2. The van der Waals surface area contributed by atoms with Crippen LogP contribution in [0.15, 0.2) is 23.8 Å². The van der Waals surface area contributed by atoms with Crippen LogP contribution in [-0.2, 0) is 0 Å².